The van der Waals surface area contributed by atoms with E-state index < -0.39 is 15.1 Å². The summed E-state index contributed by atoms with van der Waals surface area (Å²) in [6.45, 7) is 5.15. The Morgan fingerprint density at radius 1 is 1.12 bits per heavy atom. The predicted octanol–water partition coefficient (Wildman–Crippen LogP) is 2.16. The SMILES string of the molecule is CC(=O)N1CCc2cc(S(=O)(=O)[C@@H](C)CC(=O)N3CCCCC3)ccc21. The zero-order chi connectivity index (χ0) is 18.9. The van der Waals surface area contributed by atoms with Gasteiger partial charge in [0.25, 0.3) is 0 Å². The molecule has 1 saturated heterocycles. The highest BCUT2D eigenvalue weighted by molar-refractivity contribution is 7.92. The van der Waals surface area contributed by atoms with E-state index in [-0.39, 0.29) is 23.1 Å². The minimum Gasteiger partial charge on any atom is -0.343 e. The molecular formula is C19H26N2O4S. The highest BCUT2D eigenvalue weighted by atomic mass is 32.2. The first-order valence-electron chi connectivity index (χ1n) is 9.23. The summed E-state index contributed by atoms with van der Waals surface area (Å²) in [4.78, 5) is 27.7. The monoisotopic (exact) mass is 378 g/mol. The van der Waals surface area contributed by atoms with E-state index in [4.69, 9.17) is 0 Å². The Bertz CT molecular complexity index is 813. The molecule has 2 aliphatic rings. The van der Waals surface area contributed by atoms with Crippen molar-refractivity contribution in [3.8, 4) is 0 Å². The van der Waals surface area contributed by atoms with Gasteiger partial charge in [-0.05, 0) is 56.4 Å². The maximum Gasteiger partial charge on any atom is 0.223 e. The van der Waals surface area contributed by atoms with Gasteiger partial charge >= 0.3 is 0 Å². The summed E-state index contributed by atoms with van der Waals surface area (Å²) in [7, 11) is -3.58. The van der Waals surface area contributed by atoms with Crippen LogP contribution in [0.25, 0.3) is 0 Å². The Labute approximate surface area is 155 Å². The number of sulfone groups is 1. The number of hydrogen-bond donors (Lipinski definition) is 0. The Hall–Kier alpha value is -1.89. The van der Waals surface area contributed by atoms with Crippen molar-refractivity contribution >= 4 is 27.3 Å². The second kappa shape index (κ2) is 7.39. The molecule has 0 bridgehead atoms. The van der Waals surface area contributed by atoms with Crippen LogP contribution in [0.2, 0.25) is 0 Å². The normalized spacial score (nSPS) is 18.5. The molecular weight excluding hydrogens is 352 g/mol. The molecule has 2 aliphatic heterocycles. The molecule has 0 spiro atoms. The van der Waals surface area contributed by atoms with E-state index in [2.05, 4.69) is 0 Å². The summed E-state index contributed by atoms with van der Waals surface area (Å²) in [6, 6.07) is 4.92. The molecule has 26 heavy (non-hydrogen) atoms. The first-order chi connectivity index (χ1) is 12.3. The van der Waals surface area contributed by atoms with E-state index in [0.29, 0.717) is 13.0 Å². The highest BCUT2D eigenvalue weighted by Gasteiger charge is 2.30. The number of carbonyl (C=O) groups excluding carboxylic acids is 2. The van der Waals surface area contributed by atoms with Crippen molar-refractivity contribution in [2.75, 3.05) is 24.5 Å². The van der Waals surface area contributed by atoms with Crippen molar-refractivity contribution in [2.24, 2.45) is 0 Å². The lowest BCUT2D eigenvalue weighted by Gasteiger charge is -2.27. The molecule has 6 nitrogen and oxygen atoms in total. The number of anilines is 1. The third-order valence-corrected chi connectivity index (χ3v) is 7.49. The molecule has 3 rings (SSSR count). The largest absolute Gasteiger partial charge is 0.343 e. The number of rotatable bonds is 4. The molecule has 1 atom stereocenters. The van der Waals surface area contributed by atoms with Crippen LogP contribution in [-0.2, 0) is 25.8 Å². The van der Waals surface area contributed by atoms with Gasteiger partial charge in [-0.1, -0.05) is 0 Å². The van der Waals surface area contributed by atoms with E-state index >= 15 is 0 Å². The smallest absolute Gasteiger partial charge is 0.223 e. The fourth-order valence-corrected chi connectivity index (χ4v) is 5.13. The Morgan fingerprint density at radius 2 is 1.81 bits per heavy atom. The first-order valence-corrected chi connectivity index (χ1v) is 10.8. The average molecular weight is 378 g/mol. The summed E-state index contributed by atoms with van der Waals surface area (Å²) < 4.78 is 25.8. The van der Waals surface area contributed by atoms with Crippen molar-refractivity contribution in [3.63, 3.8) is 0 Å². The summed E-state index contributed by atoms with van der Waals surface area (Å²) in [5.41, 5.74) is 1.66. The number of amides is 2. The number of fused-ring (bicyclic) bond motifs is 1. The molecule has 1 aromatic rings. The molecule has 0 N–H and O–H groups in total. The molecule has 0 unspecified atom stereocenters. The molecule has 2 amide bonds. The molecule has 2 heterocycles. The Balaban J connectivity index is 1.75. The summed E-state index contributed by atoms with van der Waals surface area (Å²) in [5.74, 6) is -0.121. The standard InChI is InChI=1S/C19H26N2O4S/c1-14(12-19(23)20-9-4-3-5-10-20)26(24,25)17-6-7-18-16(13-17)8-11-21(18)15(2)22/h6-7,13-14H,3-5,8-12H2,1-2H3/t14-/m0/s1. The van der Waals surface area contributed by atoms with Crippen LogP contribution in [0.1, 0.15) is 45.1 Å². The van der Waals surface area contributed by atoms with Crippen LogP contribution in [0, 0.1) is 0 Å². The molecule has 142 valence electrons. The van der Waals surface area contributed by atoms with Crippen molar-refractivity contribution < 1.29 is 18.0 Å². The third kappa shape index (κ3) is 3.63. The van der Waals surface area contributed by atoms with Gasteiger partial charge in [0.05, 0.1) is 10.1 Å². The maximum absolute atomic E-state index is 12.9. The van der Waals surface area contributed by atoms with Gasteiger partial charge in [0.15, 0.2) is 9.84 Å². The van der Waals surface area contributed by atoms with E-state index in [1.54, 1.807) is 34.9 Å². The van der Waals surface area contributed by atoms with Crippen molar-refractivity contribution in [1.82, 2.24) is 4.90 Å². The molecule has 0 saturated carbocycles. The van der Waals surface area contributed by atoms with Gasteiger partial charge in [-0.3, -0.25) is 9.59 Å². The van der Waals surface area contributed by atoms with Crippen LogP contribution in [0.15, 0.2) is 23.1 Å². The minimum absolute atomic E-state index is 0.0129. The van der Waals surface area contributed by atoms with Crippen LogP contribution in [0.3, 0.4) is 0 Å². The molecule has 0 aliphatic carbocycles. The van der Waals surface area contributed by atoms with E-state index in [1.807, 2.05) is 0 Å². The molecule has 0 radical (unpaired) electrons. The second-order valence-corrected chi connectivity index (χ2v) is 9.58. The van der Waals surface area contributed by atoms with Gasteiger partial charge in [0.2, 0.25) is 11.8 Å². The maximum atomic E-state index is 12.9. The number of likely N-dealkylation sites (tertiary alicyclic amines) is 1. The van der Waals surface area contributed by atoms with Gasteiger partial charge in [-0.15, -0.1) is 0 Å². The number of carbonyl (C=O) groups is 2. The molecule has 1 fully saturated rings. The van der Waals surface area contributed by atoms with Crippen LogP contribution < -0.4 is 4.90 Å². The van der Waals surface area contributed by atoms with Gasteiger partial charge < -0.3 is 9.80 Å². The highest BCUT2D eigenvalue weighted by Crippen LogP contribution is 2.31. The lowest BCUT2D eigenvalue weighted by molar-refractivity contribution is -0.132. The average Bonchev–Trinajstić information content (AvgIpc) is 3.05. The van der Waals surface area contributed by atoms with E-state index in [1.165, 1.54) is 6.92 Å². The first kappa shape index (κ1) is 18.9. The van der Waals surface area contributed by atoms with Gasteiger partial charge in [-0.25, -0.2) is 8.42 Å². The van der Waals surface area contributed by atoms with Gasteiger partial charge in [-0.2, -0.15) is 0 Å². The van der Waals surface area contributed by atoms with Crippen LogP contribution >= 0.6 is 0 Å². The molecule has 7 heteroatoms. The predicted molar refractivity (Wildman–Crippen MR) is 99.9 cm³/mol. The number of piperidine rings is 1. The molecule has 1 aromatic carbocycles. The Kier molecular flexibility index (Phi) is 5.37. The van der Waals surface area contributed by atoms with Crippen LogP contribution in [0.5, 0.6) is 0 Å². The Morgan fingerprint density at radius 3 is 2.46 bits per heavy atom. The van der Waals surface area contributed by atoms with Crippen molar-refractivity contribution in [3.05, 3.63) is 23.8 Å². The van der Waals surface area contributed by atoms with E-state index in [9.17, 15) is 18.0 Å². The fraction of sp³-hybridized carbons (Fsp3) is 0.579. The fourth-order valence-electron chi connectivity index (χ4n) is 3.74. The second-order valence-electron chi connectivity index (χ2n) is 7.21. The number of benzene rings is 1. The van der Waals surface area contributed by atoms with Crippen molar-refractivity contribution in [1.29, 1.82) is 0 Å². The van der Waals surface area contributed by atoms with Crippen LogP contribution in [-0.4, -0.2) is 50.0 Å². The van der Waals surface area contributed by atoms with Crippen LogP contribution in [0.4, 0.5) is 5.69 Å². The third-order valence-electron chi connectivity index (χ3n) is 5.36. The summed E-state index contributed by atoms with van der Waals surface area (Å²) in [5, 5.41) is -0.764. The lowest BCUT2D eigenvalue weighted by atomic mass is 10.1. The zero-order valence-electron chi connectivity index (χ0n) is 15.4. The topological polar surface area (TPSA) is 74.8 Å². The molecule has 0 aromatic heterocycles. The van der Waals surface area contributed by atoms with Gasteiger partial charge in [0.1, 0.15) is 0 Å². The summed E-state index contributed by atoms with van der Waals surface area (Å²) >= 11 is 0. The van der Waals surface area contributed by atoms with E-state index in [0.717, 1.165) is 43.6 Å². The number of hydrogen-bond acceptors (Lipinski definition) is 4. The summed E-state index contributed by atoms with van der Waals surface area (Å²) in [6.07, 6.45) is 3.77. The minimum atomic E-state index is -3.58. The zero-order valence-corrected chi connectivity index (χ0v) is 16.2. The van der Waals surface area contributed by atoms with Crippen molar-refractivity contribution in [2.45, 2.75) is 56.1 Å². The van der Waals surface area contributed by atoms with Gasteiger partial charge in [0, 0.05) is 38.7 Å². The number of nitrogens with zero attached hydrogens (tertiary/aromatic N) is 2. The quantitative estimate of drug-likeness (QED) is 0.805. The lowest BCUT2D eigenvalue weighted by Crippen LogP contribution is -2.38.